The van der Waals surface area contributed by atoms with Crippen LogP contribution in [0.15, 0.2) is 42.5 Å². The van der Waals surface area contributed by atoms with Crippen molar-refractivity contribution in [2.75, 3.05) is 7.11 Å². The second-order valence-corrected chi connectivity index (χ2v) is 6.49. The largest absolute Gasteiger partial charge is 0.497 e. The Morgan fingerprint density at radius 3 is 2.59 bits per heavy atom. The predicted molar refractivity (Wildman–Crippen MR) is 93.1 cm³/mol. The lowest BCUT2D eigenvalue weighted by molar-refractivity contribution is -0.141. The Bertz CT molecular complexity index is 820. The molecule has 0 aliphatic heterocycles. The van der Waals surface area contributed by atoms with E-state index in [0.29, 0.717) is 5.75 Å². The van der Waals surface area contributed by atoms with Gasteiger partial charge in [0.1, 0.15) is 11.4 Å². The summed E-state index contributed by atoms with van der Waals surface area (Å²) in [5.41, 5.74) is -0.377. The lowest BCUT2D eigenvalue weighted by atomic mass is 9.72. The SMILES string of the molecule is COc1cccc(C2(NC(=O)NCc3cccc(C(F)(F)F)n3)CCC2)c1. The first kappa shape index (κ1) is 19.0. The first-order chi connectivity index (χ1) is 12.8. The zero-order valence-corrected chi connectivity index (χ0v) is 14.8. The van der Waals surface area contributed by atoms with Crippen LogP contribution >= 0.6 is 0 Å². The minimum atomic E-state index is -4.51. The topological polar surface area (TPSA) is 63.2 Å². The van der Waals surface area contributed by atoms with Gasteiger partial charge >= 0.3 is 12.2 Å². The Morgan fingerprint density at radius 2 is 1.96 bits per heavy atom. The number of aromatic nitrogens is 1. The van der Waals surface area contributed by atoms with Gasteiger partial charge in [0, 0.05) is 0 Å². The number of benzene rings is 1. The lowest BCUT2D eigenvalue weighted by Gasteiger charge is -2.43. The van der Waals surface area contributed by atoms with Crippen LogP contribution in [0.3, 0.4) is 0 Å². The van der Waals surface area contributed by atoms with Gasteiger partial charge in [0.15, 0.2) is 0 Å². The molecule has 1 heterocycles. The molecule has 1 saturated carbocycles. The summed E-state index contributed by atoms with van der Waals surface area (Å²) >= 11 is 0. The molecule has 8 heteroatoms. The van der Waals surface area contributed by atoms with Gasteiger partial charge in [0.05, 0.1) is 24.9 Å². The number of alkyl halides is 3. The van der Waals surface area contributed by atoms with Gasteiger partial charge in [-0.3, -0.25) is 0 Å². The van der Waals surface area contributed by atoms with Crippen molar-refractivity contribution in [3.8, 4) is 5.75 Å². The van der Waals surface area contributed by atoms with Crippen molar-refractivity contribution in [1.29, 1.82) is 0 Å². The fourth-order valence-corrected chi connectivity index (χ4v) is 3.11. The maximum absolute atomic E-state index is 12.7. The van der Waals surface area contributed by atoms with Crippen molar-refractivity contribution in [2.45, 2.75) is 37.5 Å². The number of urea groups is 1. The van der Waals surface area contributed by atoms with Crippen LogP contribution in [0, 0.1) is 0 Å². The van der Waals surface area contributed by atoms with Gasteiger partial charge in [-0.2, -0.15) is 13.2 Å². The second kappa shape index (κ2) is 7.46. The van der Waals surface area contributed by atoms with Crippen molar-refractivity contribution in [3.63, 3.8) is 0 Å². The van der Waals surface area contributed by atoms with Crippen LogP contribution in [0.1, 0.15) is 36.2 Å². The number of nitrogens with zero attached hydrogens (tertiary/aromatic N) is 1. The smallest absolute Gasteiger partial charge is 0.433 e. The monoisotopic (exact) mass is 379 g/mol. The van der Waals surface area contributed by atoms with E-state index in [1.54, 1.807) is 7.11 Å². The zero-order chi connectivity index (χ0) is 19.5. The Labute approximate surface area is 154 Å². The van der Waals surface area contributed by atoms with E-state index in [0.717, 1.165) is 30.9 Å². The summed E-state index contributed by atoms with van der Waals surface area (Å²) in [7, 11) is 1.58. The third-order valence-electron chi connectivity index (χ3n) is 4.71. The molecule has 1 aromatic carbocycles. The summed E-state index contributed by atoms with van der Waals surface area (Å²) < 4.78 is 43.4. The molecule has 0 spiro atoms. The molecule has 2 amide bonds. The van der Waals surface area contributed by atoms with Crippen LogP contribution < -0.4 is 15.4 Å². The van der Waals surface area contributed by atoms with E-state index in [4.69, 9.17) is 4.74 Å². The number of amides is 2. The molecule has 27 heavy (non-hydrogen) atoms. The summed E-state index contributed by atoms with van der Waals surface area (Å²) in [6.45, 7) is -0.0933. The molecular weight excluding hydrogens is 359 g/mol. The molecular formula is C19H20F3N3O2. The van der Waals surface area contributed by atoms with Gasteiger partial charge < -0.3 is 15.4 Å². The number of rotatable bonds is 5. The van der Waals surface area contributed by atoms with Crippen LogP contribution in [0.5, 0.6) is 5.75 Å². The molecule has 2 aromatic rings. The molecule has 0 bridgehead atoms. The molecule has 3 rings (SSSR count). The van der Waals surface area contributed by atoms with E-state index < -0.39 is 23.4 Å². The number of hydrogen-bond donors (Lipinski definition) is 2. The molecule has 0 unspecified atom stereocenters. The van der Waals surface area contributed by atoms with Crippen LogP contribution in [-0.2, 0) is 18.3 Å². The maximum atomic E-state index is 12.7. The third-order valence-corrected chi connectivity index (χ3v) is 4.71. The highest BCUT2D eigenvalue weighted by Crippen LogP contribution is 2.42. The number of carbonyl (C=O) groups is 1. The average Bonchev–Trinajstić information content (AvgIpc) is 2.62. The van der Waals surface area contributed by atoms with Gasteiger partial charge in [0.2, 0.25) is 0 Å². The highest BCUT2D eigenvalue weighted by Gasteiger charge is 2.40. The van der Waals surface area contributed by atoms with Gasteiger partial charge in [-0.1, -0.05) is 18.2 Å². The molecule has 0 radical (unpaired) electrons. The summed E-state index contributed by atoms with van der Waals surface area (Å²) in [6, 6.07) is 10.7. The minimum Gasteiger partial charge on any atom is -0.497 e. The number of halogens is 3. The summed E-state index contributed by atoms with van der Waals surface area (Å²) in [5.74, 6) is 0.703. The normalized spacial score (nSPS) is 15.6. The fourth-order valence-electron chi connectivity index (χ4n) is 3.11. The van der Waals surface area contributed by atoms with Crippen molar-refractivity contribution in [1.82, 2.24) is 15.6 Å². The van der Waals surface area contributed by atoms with Crippen molar-refractivity contribution < 1.29 is 22.7 Å². The van der Waals surface area contributed by atoms with Gasteiger partial charge in [-0.05, 0) is 49.1 Å². The van der Waals surface area contributed by atoms with E-state index in [2.05, 4.69) is 15.6 Å². The number of ether oxygens (including phenoxy) is 1. The summed E-state index contributed by atoms with van der Waals surface area (Å²) in [4.78, 5) is 15.9. The minimum absolute atomic E-state index is 0.0933. The van der Waals surface area contributed by atoms with E-state index in [1.807, 2.05) is 24.3 Å². The van der Waals surface area contributed by atoms with Crippen LogP contribution in [0.4, 0.5) is 18.0 Å². The molecule has 1 aliphatic carbocycles. The summed E-state index contributed by atoms with van der Waals surface area (Å²) in [6.07, 6.45) is -1.96. The first-order valence-electron chi connectivity index (χ1n) is 8.56. The van der Waals surface area contributed by atoms with Gasteiger partial charge in [-0.15, -0.1) is 0 Å². The molecule has 1 fully saturated rings. The molecule has 2 N–H and O–H groups in total. The van der Waals surface area contributed by atoms with Crippen LogP contribution in [0.25, 0.3) is 0 Å². The Balaban J connectivity index is 1.65. The molecule has 5 nitrogen and oxygen atoms in total. The second-order valence-electron chi connectivity index (χ2n) is 6.49. The molecule has 0 saturated heterocycles. The molecule has 0 atom stereocenters. The first-order valence-corrected chi connectivity index (χ1v) is 8.56. The van der Waals surface area contributed by atoms with E-state index >= 15 is 0 Å². The average molecular weight is 379 g/mol. The fraction of sp³-hybridized carbons (Fsp3) is 0.368. The van der Waals surface area contributed by atoms with Crippen molar-refractivity contribution in [2.24, 2.45) is 0 Å². The standard InChI is InChI=1S/C19H20F3N3O2/c1-27-15-7-2-5-13(11-15)18(9-4-10-18)25-17(26)23-12-14-6-3-8-16(24-14)19(20,21)22/h2-3,5-8,11H,4,9-10,12H2,1H3,(H2,23,25,26). The molecule has 144 valence electrons. The Morgan fingerprint density at radius 1 is 1.22 bits per heavy atom. The third kappa shape index (κ3) is 4.32. The van der Waals surface area contributed by atoms with Crippen LogP contribution in [0.2, 0.25) is 0 Å². The molecule has 1 aromatic heterocycles. The van der Waals surface area contributed by atoms with Crippen LogP contribution in [-0.4, -0.2) is 18.1 Å². The highest BCUT2D eigenvalue weighted by molar-refractivity contribution is 5.75. The predicted octanol–water partition coefficient (Wildman–Crippen LogP) is 3.99. The number of methoxy groups -OCH3 is 1. The number of nitrogens with one attached hydrogen (secondary N) is 2. The van der Waals surface area contributed by atoms with E-state index in [9.17, 15) is 18.0 Å². The quantitative estimate of drug-likeness (QED) is 0.826. The number of pyridine rings is 1. The highest BCUT2D eigenvalue weighted by atomic mass is 19.4. The number of hydrogen-bond acceptors (Lipinski definition) is 3. The Kier molecular flexibility index (Phi) is 5.25. The summed E-state index contributed by atoms with van der Waals surface area (Å²) in [5, 5.41) is 5.55. The van der Waals surface area contributed by atoms with Gasteiger partial charge in [0.25, 0.3) is 0 Å². The van der Waals surface area contributed by atoms with Crippen molar-refractivity contribution >= 4 is 6.03 Å². The van der Waals surface area contributed by atoms with Gasteiger partial charge in [-0.25, -0.2) is 9.78 Å². The lowest BCUT2D eigenvalue weighted by Crippen LogP contribution is -2.53. The Hall–Kier alpha value is -2.77. The van der Waals surface area contributed by atoms with Crippen molar-refractivity contribution in [3.05, 3.63) is 59.4 Å². The molecule has 1 aliphatic rings. The van der Waals surface area contributed by atoms with E-state index in [-0.39, 0.29) is 12.2 Å². The zero-order valence-electron chi connectivity index (χ0n) is 14.8. The maximum Gasteiger partial charge on any atom is 0.433 e. The van der Waals surface area contributed by atoms with E-state index in [1.165, 1.54) is 12.1 Å². The number of carbonyl (C=O) groups excluding carboxylic acids is 1.